The first kappa shape index (κ1) is 25.9. The van der Waals surface area contributed by atoms with Crippen LogP contribution in [-0.4, -0.2) is 23.4 Å². The highest BCUT2D eigenvalue weighted by atomic mass is 35.5. The lowest BCUT2D eigenvalue weighted by atomic mass is 10.1. The van der Waals surface area contributed by atoms with Gasteiger partial charge in [-0.05, 0) is 54.1 Å². The van der Waals surface area contributed by atoms with E-state index < -0.39 is 11.8 Å². The van der Waals surface area contributed by atoms with Crippen LogP contribution in [0.4, 0.5) is 5.69 Å². The molecule has 0 bridgehead atoms. The Hall–Kier alpha value is -4.13. The van der Waals surface area contributed by atoms with Gasteiger partial charge in [-0.3, -0.25) is 14.4 Å². The number of hydrogen-bond acceptors (Lipinski definition) is 4. The summed E-state index contributed by atoms with van der Waals surface area (Å²) in [6.45, 7) is 0. The van der Waals surface area contributed by atoms with E-state index in [1.54, 1.807) is 84.9 Å². The number of amides is 2. The van der Waals surface area contributed by atoms with Crippen molar-refractivity contribution in [1.82, 2.24) is 5.32 Å². The summed E-state index contributed by atoms with van der Waals surface area (Å²) in [5.74, 6) is -0.589. The van der Waals surface area contributed by atoms with Crippen LogP contribution >= 0.6 is 23.4 Å². The summed E-state index contributed by atoms with van der Waals surface area (Å²) in [6.07, 6.45) is 1.59. The molecule has 4 aromatic carbocycles. The van der Waals surface area contributed by atoms with Crippen molar-refractivity contribution in [1.29, 1.82) is 0 Å². The minimum absolute atomic E-state index is 0.0249. The molecule has 0 radical (unpaired) electrons. The Bertz CT molecular complexity index is 1420. The van der Waals surface area contributed by atoms with Crippen LogP contribution in [-0.2, 0) is 4.79 Å². The Balaban J connectivity index is 1.49. The Morgan fingerprint density at radius 3 is 2.08 bits per heavy atom. The summed E-state index contributed by atoms with van der Waals surface area (Å²) in [5, 5.41) is 6.13. The van der Waals surface area contributed by atoms with Crippen LogP contribution in [0.2, 0.25) is 5.02 Å². The molecular weight excluding hydrogens is 504 g/mol. The molecule has 5 nitrogen and oxygen atoms in total. The molecule has 0 aliphatic carbocycles. The maximum Gasteiger partial charge on any atom is 0.272 e. The van der Waals surface area contributed by atoms with Gasteiger partial charge in [0.1, 0.15) is 5.70 Å². The first-order valence-electron chi connectivity index (χ1n) is 11.4. The van der Waals surface area contributed by atoms with Gasteiger partial charge < -0.3 is 10.6 Å². The Morgan fingerprint density at radius 1 is 0.757 bits per heavy atom. The Labute approximate surface area is 224 Å². The minimum Gasteiger partial charge on any atom is -0.321 e. The van der Waals surface area contributed by atoms with Crippen molar-refractivity contribution >= 4 is 52.7 Å². The van der Waals surface area contributed by atoms with Crippen LogP contribution in [0.1, 0.15) is 26.3 Å². The second kappa shape index (κ2) is 12.7. The summed E-state index contributed by atoms with van der Waals surface area (Å²) in [4.78, 5) is 39.3. The number of rotatable bonds is 9. The van der Waals surface area contributed by atoms with E-state index in [1.807, 2.05) is 30.3 Å². The highest BCUT2D eigenvalue weighted by Gasteiger charge is 2.15. The van der Waals surface area contributed by atoms with Crippen molar-refractivity contribution in [2.45, 2.75) is 4.90 Å². The number of carbonyl (C=O) groups excluding carboxylic acids is 3. The number of ketones is 1. The summed E-state index contributed by atoms with van der Waals surface area (Å²) < 4.78 is 0. The predicted molar refractivity (Wildman–Crippen MR) is 150 cm³/mol. The molecular formula is C30H23ClN2O3S. The van der Waals surface area contributed by atoms with Crippen molar-refractivity contribution < 1.29 is 14.4 Å². The third-order valence-electron chi connectivity index (χ3n) is 5.27. The molecule has 37 heavy (non-hydrogen) atoms. The normalized spacial score (nSPS) is 11.0. The standard InChI is InChI=1S/C30H23ClN2O3S/c31-24-16-14-21(15-17-24)18-27(33-29(35)23-10-5-2-6-11-23)30(36)32-25-12-7-13-26(19-25)37-20-28(34)22-8-3-1-4-9-22/h1-19H,20H2,(H,32,36)(H,33,35)/b27-18-. The zero-order valence-electron chi connectivity index (χ0n) is 19.7. The van der Waals surface area contributed by atoms with E-state index in [9.17, 15) is 14.4 Å². The molecule has 0 saturated heterocycles. The van der Waals surface area contributed by atoms with Crippen LogP contribution in [0, 0.1) is 0 Å². The first-order chi connectivity index (χ1) is 18.0. The second-order valence-electron chi connectivity index (χ2n) is 7.99. The second-order valence-corrected chi connectivity index (χ2v) is 9.47. The maximum atomic E-state index is 13.2. The number of carbonyl (C=O) groups is 3. The van der Waals surface area contributed by atoms with Gasteiger partial charge in [-0.25, -0.2) is 0 Å². The van der Waals surface area contributed by atoms with Crippen molar-refractivity contribution in [3.8, 4) is 0 Å². The largest absolute Gasteiger partial charge is 0.321 e. The van der Waals surface area contributed by atoms with Gasteiger partial charge in [0.2, 0.25) is 0 Å². The van der Waals surface area contributed by atoms with E-state index in [0.717, 1.165) is 4.90 Å². The monoisotopic (exact) mass is 526 g/mol. The minimum atomic E-state index is -0.484. The van der Waals surface area contributed by atoms with E-state index in [-0.39, 0.29) is 17.2 Å². The molecule has 2 N–H and O–H groups in total. The van der Waals surface area contributed by atoms with Gasteiger partial charge in [-0.1, -0.05) is 78.3 Å². The SMILES string of the molecule is O=C(Nc1cccc(SCC(=O)c2ccccc2)c1)/C(=C/c1ccc(Cl)cc1)NC(=O)c1ccccc1. The number of halogens is 1. The number of nitrogens with one attached hydrogen (secondary N) is 2. The lowest BCUT2D eigenvalue weighted by molar-refractivity contribution is -0.113. The van der Waals surface area contributed by atoms with E-state index in [4.69, 9.17) is 11.6 Å². The van der Waals surface area contributed by atoms with E-state index >= 15 is 0 Å². The van der Waals surface area contributed by atoms with E-state index in [0.29, 0.717) is 27.4 Å². The molecule has 7 heteroatoms. The highest BCUT2D eigenvalue weighted by molar-refractivity contribution is 8.00. The average molecular weight is 527 g/mol. The van der Waals surface area contributed by atoms with Gasteiger partial charge in [0.15, 0.2) is 5.78 Å². The lowest BCUT2D eigenvalue weighted by Gasteiger charge is -2.12. The molecule has 0 aliphatic rings. The summed E-state index contributed by atoms with van der Waals surface area (Å²) in [7, 11) is 0. The molecule has 0 fully saturated rings. The fourth-order valence-electron chi connectivity index (χ4n) is 3.39. The highest BCUT2D eigenvalue weighted by Crippen LogP contribution is 2.23. The molecule has 0 atom stereocenters. The third kappa shape index (κ3) is 7.67. The van der Waals surface area contributed by atoms with Crippen LogP contribution in [0.3, 0.4) is 0 Å². The summed E-state index contributed by atoms with van der Waals surface area (Å²) >= 11 is 7.37. The lowest BCUT2D eigenvalue weighted by Crippen LogP contribution is -2.30. The molecule has 0 heterocycles. The third-order valence-corrected chi connectivity index (χ3v) is 6.51. The quantitative estimate of drug-likeness (QED) is 0.144. The van der Waals surface area contributed by atoms with Crippen molar-refractivity contribution in [2.75, 3.05) is 11.1 Å². The average Bonchev–Trinajstić information content (AvgIpc) is 2.93. The van der Waals surface area contributed by atoms with Crippen LogP contribution in [0.25, 0.3) is 6.08 Å². The maximum absolute atomic E-state index is 13.2. The topological polar surface area (TPSA) is 75.3 Å². The molecule has 0 spiro atoms. The molecule has 184 valence electrons. The molecule has 0 unspecified atom stereocenters. The van der Waals surface area contributed by atoms with Crippen molar-refractivity contribution in [3.05, 3.63) is 137 Å². The van der Waals surface area contributed by atoms with Crippen molar-refractivity contribution in [3.63, 3.8) is 0 Å². The Morgan fingerprint density at radius 2 is 1.41 bits per heavy atom. The van der Waals surface area contributed by atoms with Crippen LogP contribution in [0.5, 0.6) is 0 Å². The predicted octanol–water partition coefficient (Wildman–Crippen LogP) is 6.72. The number of Topliss-reactive ketones (excluding diaryl/α,β-unsaturated/α-hetero) is 1. The molecule has 0 aliphatic heterocycles. The van der Waals surface area contributed by atoms with E-state index in [1.165, 1.54) is 11.8 Å². The summed E-state index contributed by atoms with van der Waals surface area (Å²) in [5.41, 5.74) is 2.41. The zero-order valence-corrected chi connectivity index (χ0v) is 21.3. The van der Waals surface area contributed by atoms with Crippen molar-refractivity contribution in [2.24, 2.45) is 0 Å². The molecule has 2 amide bonds. The smallest absolute Gasteiger partial charge is 0.272 e. The fraction of sp³-hybridized carbons (Fsp3) is 0.0333. The first-order valence-corrected chi connectivity index (χ1v) is 12.8. The zero-order chi connectivity index (χ0) is 26.0. The van der Waals surface area contributed by atoms with E-state index in [2.05, 4.69) is 10.6 Å². The number of thioether (sulfide) groups is 1. The fourth-order valence-corrected chi connectivity index (χ4v) is 4.36. The van der Waals surface area contributed by atoms with Gasteiger partial charge >= 0.3 is 0 Å². The molecule has 4 rings (SSSR count). The van der Waals surface area contributed by atoms with Crippen LogP contribution < -0.4 is 10.6 Å². The van der Waals surface area contributed by atoms with Gasteiger partial charge in [0, 0.05) is 26.7 Å². The van der Waals surface area contributed by atoms with Crippen LogP contribution in [0.15, 0.2) is 120 Å². The van der Waals surface area contributed by atoms with Gasteiger partial charge in [-0.15, -0.1) is 11.8 Å². The molecule has 4 aromatic rings. The molecule has 0 saturated carbocycles. The number of anilines is 1. The molecule has 0 aromatic heterocycles. The Kier molecular flexibility index (Phi) is 8.92. The van der Waals surface area contributed by atoms with Gasteiger partial charge in [0.25, 0.3) is 11.8 Å². The number of hydrogen-bond donors (Lipinski definition) is 2. The summed E-state index contributed by atoms with van der Waals surface area (Å²) in [6, 6.07) is 31.9. The number of benzene rings is 4. The van der Waals surface area contributed by atoms with Gasteiger partial charge in [-0.2, -0.15) is 0 Å². The van der Waals surface area contributed by atoms with Gasteiger partial charge in [0.05, 0.1) is 5.75 Å².